The van der Waals surface area contributed by atoms with Gasteiger partial charge in [-0.15, -0.1) is 0 Å². The van der Waals surface area contributed by atoms with Crippen molar-refractivity contribution in [2.75, 3.05) is 0 Å². The molecule has 0 saturated carbocycles. The van der Waals surface area contributed by atoms with Crippen LogP contribution in [0.4, 0.5) is 0 Å². The highest BCUT2D eigenvalue weighted by Gasteiger charge is 1.88. The molecule has 12 heavy (non-hydrogen) atoms. The number of hydrogen-bond donors (Lipinski definition) is 0. The summed E-state index contributed by atoms with van der Waals surface area (Å²) in [6.07, 6.45) is 20.5. The van der Waals surface area contributed by atoms with Crippen molar-refractivity contribution in [1.82, 2.24) is 0 Å². The molecule has 0 fully saturated rings. The van der Waals surface area contributed by atoms with E-state index in [1.807, 2.05) is 0 Å². The Hall–Kier alpha value is -0.520. The van der Waals surface area contributed by atoms with Crippen molar-refractivity contribution in [2.45, 2.75) is 44.9 Å². The van der Waals surface area contributed by atoms with Crippen LogP contribution in [-0.4, -0.2) is 0 Å². The highest BCUT2D eigenvalue weighted by molar-refractivity contribution is 4.95. The maximum Gasteiger partial charge on any atom is -0.0171 e. The second kappa shape index (κ2) is 7.15. The lowest BCUT2D eigenvalue weighted by molar-refractivity contribution is 0.741. The zero-order valence-corrected chi connectivity index (χ0v) is 7.84. The lowest BCUT2D eigenvalue weighted by Crippen LogP contribution is -1.78. The summed E-state index contributed by atoms with van der Waals surface area (Å²) in [6, 6.07) is 0. The van der Waals surface area contributed by atoms with Gasteiger partial charge in [0, 0.05) is 0 Å². The fourth-order valence-electron chi connectivity index (χ4n) is 1.40. The zero-order chi connectivity index (χ0) is 8.49. The Morgan fingerprint density at radius 1 is 0.583 bits per heavy atom. The van der Waals surface area contributed by atoms with E-state index in [0.29, 0.717) is 0 Å². The minimum atomic E-state index is 1.24. The third kappa shape index (κ3) is 5.17. The molecule has 0 amide bonds. The van der Waals surface area contributed by atoms with Crippen molar-refractivity contribution < 1.29 is 0 Å². The van der Waals surface area contributed by atoms with Gasteiger partial charge in [-0.3, -0.25) is 0 Å². The van der Waals surface area contributed by atoms with Crippen molar-refractivity contribution in [3.8, 4) is 0 Å². The van der Waals surface area contributed by atoms with Gasteiger partial charge in [0.2, 0.25) is 0 Å². The van der Waals surface area contributed by atoms with Crippen LogP contribution >= 0.6 is 0 Å². The smallest absolute Gasteiger partial charge is 0.0171 e. The van der Waals surface area contributed by atoms with Crippen molar-refractivity contribution in [1.29, 1.82) is 0 Å². The Kier molecular flexibility index (Phi) is 5.70. The summed E-state index contributed by atoms with van der Waals surface area (Å²) in [5, 5.41) is 0. The minimum absolute atomic E-state index is 1.24. The Labute approximate surface area is 76.4 Å². The molecule has 1 aliphatic rings. The van der Waals surface area contributed by atoms with Crippen molar-refractivity contribution in [3.05, 3.63) is 30.7 Å². The Bertz CT molecular complexity index is 126. The van der Waals surface area contributed by atoms with Crippen LogP contribution in [0.5, 0.6) is 0 Å². The second-order valence-corrected chi connectivity index (χ2v) is 3.35. The van der Waals surface area contributed by atoms with E-state index >= 15 is 0 Å². The molecule has 1 aliphatic carbocycles. The molecule has 0 heterocycles. The Morgan fingerprint density at radius 2 is 1.25 bits per heavy atom. The first-order chi connectivity index (χ1) is 6.00. The molecule has 0 N–H and O–H groups in total. The average Bonchev–Trinajstić information content (AvgIpc) is 2.05. The van der Waals surface area contributed by atoms with Gasteiger partial charge in [0.1, 0.15) is 0 Å². The van der Waals surface area contributed by atoms with Gasteiger partial charge in [0.15, 0.2) is 0 Å². The largest absolute Gasteiger partial charge is 0.0885 e. The third-order valence-corrected chi connectivity index (χ3v) is 2.17. The van der Waals surface area contributed by atoms with Gasteiger partial charge in [-0.05, 0) is 44.9 Å². The van der Waals surface area contributed by atoms with Crippen LogP contribution in [-0.2, 0) is 0 Å². The molecule has 0 unspecified atom stereocenters. The third-order valence-electron chi connectivity index (χ3n) is 2.17. The molecule has 67 valence electrons. The Balaban J connectivity index is 2.19. The van der Waals surface area contributed by atoms with Crippen LogP contribution < -0.4 is 0 Å². The lowest BCUT2D eigenvalue weighted by atomic mass is 10.1. The SMILES string of the molecule is [CH]1/C=C/CCC/C=C\CCCC1. The molecule has 0 aromatic heterocycles. The van der Waals surface area contributed by atoms with E-state index < -0.39 is 0 Å². The number of allylic oxidation sites excluding steroid dienone is 4. The minimum Gasteiger partial charge on any atom is -0.0885 e. The molecule has 0 spiro atoms. The molecule has 0 nitrogen and oxygen atoms in total. The summed E-state index contributed by atoms with van der Waals surface area (Å²) in [5.74, 6) is 0. The second-order valence-electron chi connectivity index (χ2n) is 3.35. The fourth-order valence-corrected chi connectivity index (χ4v) is 1.40. The molecular weight excluding hydrogens is 144 g/mol. The number of hydrogen-bond acceptors (Lipinski definition) is 0. The van der Waals surface area contributed by atoms with Crippen LogP contribution in [0.1, 0.15) is 44.9 Å². The lowest BCUT2D eigenvalue weighted by Gasteiger charge is -1.97. The van der Waals surface area contributed by atoms with Gasteiger partial charge in [0.25, 0.3) is 0 Å². The van der Waals surface area contributed by atoms with Gasteiger partial charge >= 0.3 is 0 Å². The molecule has 0 saturated heterocycles. The summed E-state index contributed by atoms with van der Waals surface area (Å²) in [4.78, 5) is 0. The molecule has 0 atom stereocenters. The maximum absolute atomic E-state index is 2.34. The summed E-state index contributed by atoms with van der Waals surface area (Å²) in [6.45, 7) is 0. The van der Waals surface area contributed by atoms with Crippen LogP contribution in [0.25, 0.3) is 0 Å². The van der Waals surface area contributed by atoms with Crippen LogP contribution in [0.15, 0.2) is 24.3 Å². The van der Waals surface area contributed by atoms with Crippen LogP contribution in [0, 0.1) is 6.42 Å². The molecule has 0 aliphatic heterocycles. The first-order valence-electron chi connectivity index (χ1n) is 5.13. The molecule has 1 radical (unpaired) electrons. The van der Waals surface area contributed by atoms with E-state index in [-0.39, 0.29) is 0 Å². The molecule has 0 bridgehead atoms. The zero-order valence-electron chi connectivity index (χ0n) is 7.84. The van der Waals surface area contributed by atoms with Crippen molar-refractivity contribution >= 4 is 0 Å². The van der Waals surface area contributed by atoms with E-state index in [4.69, 9.17) is 0 Å². The summed E-state index contributed by atoms with van der Waals surface area (Å²) >= 11 is 0. The molecule has 0 heteroatoms. The summed E-state index contributed by atoms with van der Waals surface area (Å²) in [7, 11) is 0. The van der Waals surface area contributed by atoms with Crippen LogP contribution in [0.3, 0.4) is 0 Å². The van der Waals surface area contributed by atoms with Gasteiger partial charge in [0.05, 0.1) is 0 Å². The molecule has 1 rings (SSSR count). The predicted octanol–water partition coefficient (Wildman–Crippen LogP) is 4.05. The summed E-state index contributed by atoms with van der Waals surface area (Å²) in [5.41, 5.74) is 0. The normalized spacial score (nSPS) is 26.7. The van der Waals surface area contributed by atoms with E-state index in [1.54, 1.807) is 0 Å². The molecular formula is C12H19. The Morgan fingerprint density at radius 3 is 2.17 bits per heavy atom. The van der Waals surface area contributed by atoms with Crippen molar-refractivity contribution in [2.24, 2.45) is 0 Å². The van der Waals surface area contributed by atoms with Gasteiger partial charge in [-0.25, -0.2) is 0 Å². The standard InChI is InChI=1S/C12H19/c1-2-4-6-8-10-12-11-9-7-5-3-1/h1-3,10,12H,4-9,11H2/b2-1+,12-10-. The highest BCUT2D eigenvalue weighted by atomic mass is 13.9. The monoisotopic (exact) mass is 163 g/mol. The maximum atomic E-state index is 2.34. The summed E-state index contributed by atoms with van der Waals surface area (Å²) < 4.78 is 0. The van der Waals surface area contributed by atoms with Gasteiger partial charge < -0.3 is 0 Å². The fraction of sp³-hybridized carbons (Fsp3) is 0.583. The average molecular weight is 163 g/mol. The topological polar surface area (TPSA) is 0 Å². The highest BCUT2D eigenvalue weighted by Crippen LogP contribution is 2.07. The first-order valence-corrected chi connectivity index (χ1v) is 5.13. The quantitative estimate of drug-likeness (QED) is 0.473. The van der Waals surface area contributed by atoms with Gasteiger partial charge in [-0.1, -0.05) is 30.7 Å². The number of rotatable bonds is 0. The van der Waals surface area contributed by atoms with E-state index in [2.05, 4.69) is 30.7 Å². The van der Waals surface area contributed by atoms with Crippen molar-refractivity contribution in [3.63, 3.8) is 0 Å². The first kappa shape index (κ1) is 9.57. The van der Waals surface area contributed by atoms with E-state index in [1.165, 1.54) is 44.9 Å². The van der Waals surface area contributed by atoms with E-state index in [9.17, 15) is 0 Å². The van der Waals surface area contributed by atoms with E-state index in [0.717, 1.165) is 0 Å². The molecule has 0 aromatic rings. The molecule has 0 aromatic carbocycles. The van der Waals surface area contributed by atoms with Crippen LogP contribution in [0.2, 0.25) is 0 Å². The predicted molar refractivity (Wildman–Crippen MR) is 54.9 cm³/mol. The van der Waals surface area contributed by atoms with Gasteiger partial charge in [-0.2, -0.15) is 0 Å².